The van der Waals surface area contributed by atoms with Gasteiger partial charge in [-0.15, -0.1) is 0 Å². The highest BCUT2D eigenvalue weighted by atomic mass is 16.5. The molecule has 0 spiro atoms. The molecule has 2 aromatic carbocycles. The fraction of sp³-hybridized carbons (Fsp3) is 0.381. The Morgan fingerprint density at radius 1 is 1.04 bits per heavy atom. The first-order valence-electron chi connectivity index (χ1n) is 8.83. The molecule has 0 aliphatic carbocycles. The van der Waals surface area contributed by atoms with E-state index in [4.69, 9.17) is 9.47 Å². The Balaban J connectivity index is 1.83. The van der Waals surface area contributed by atoms with Crippen LogP contribution >= 0.6 is 0 Å². The van der Waals surface area contributed by atoms with Crippen molar-refractivity contribution < 1.29 is 14.3 Å². The summed E-state index contributed by atoms with van der Waals surface area (Å²) in [6.07, 6.45) is 0.792. The number of hydrogen-bond acceptors (Lipinski definition) is 3. The molecule has 1 atom stereocenters. The lowest BCUT2D eigenvalue weighted by atomic mass is 9.93. The second-order valence-corrected chi connectivity index (χ2v) is 6.83. The van der Waals surface area contributed by atoms with Crippen molar-refractivity contribution in [3.05, 3.63) is 52.6 Å². The van der Waals surface area contributed by atoms with Crippen molar-refractivity contribution in [2.24, 2.45) is 0 Å². The highest BCUT2D eigenvalue weighted by Crippen LogP contribution is 2.38. The lowest BCUT2D eigenvalue weighted by Crippen LogP contribution is -2.41. The van der Waals surface area contributed by atoms with Crippen molar-refractivity contribution in [2.75, 3.05) is 26.1 Å². The molecule has 1 heterocycles. The Morgan fingerprint density at radius 2 is 1.65 bits per heavy atom. The third-order valence-corrected chi connectivity index (χ3v) is 4.92. The molecule has 1 aliphatic heterocycles. The van der Waals surface area contributed by atoms with Crippen LogP contribution < -0.4 is 14.8 Å². The number of ether oxygens (including phenoxy) is 2. The van der Waals surface area contributed by atoms with Gasteiger partial charge in [-0.2, -0.15) is 0 Å². The van der Waals surface area contributed by atoms with Gasteiger partial charge in [0.05, 0.1) is 20.3 Å². The van der Waals surface area contributed by atoms with Crippen LogP contribution in [-0.4, -0.2) is 31.7 Å². The van der Waals surface area contributed by atoms with Crippen molar-refractivity contribution in [3.8, 4) is 11.5 Å². The van der Waals surface area contributed by atoms with Crippen LogP contribution in [0, 0.1) is 13.8 Å². The number of carbonyl (C=O) groups is 1. The van der Waals surface area contributed by atoms with E-state index in [0.29, 0.717) is 12.3 Å². The summed E-state index contributed by atoms with van der Waals surface area (Å²) in [5.74, 6) is 1.42. The second-order valence-electron chi connectivity index (χ2n) is 6.83. The van der Waals surface area contributed by atoms with Crippen LogP contribution in [0.1, 0.15) is 35.2 Å². The average Bonchev–Trinajstić information content (AvgIpc) is 2.60. The number of nitrogens with one attached hydrogen (secondary N) is 1. The first-order chi connectivity index (χ1) is 12.4. The molecule has 0 saturated heterocycles. The topological polar surface area (TPSA) is 50.8 Å². The number of rotatable bonds is 3. The van der Waals surface area contributed by atoms with Gasteiger partial charge in [0.25, 0.3) is 0 Å². The number of nitrogens with zero attached hydrogens (tertiary/aromatic N) is 1. The molecule has 26 heavy (non-hydrogen) atoms. The minimum Gasteiger partial charge on any atom is -0.493 e. The quantitative estimate of drug-likeness (QED) is 0.885. The molecule has 3 rings (SSSR count). The molecular weight excluding hydrogens is 328 g/mol. The Kier molecular flexibility index (Phi) is 5.07. The van der Waals surface area contributed by atoms with Gasteiger partial charge in [0, 0.05) is 12.2 Å². The van der Waals surface area contributed by atoms with Gasteiger partial charge in [-0.1, -0.05) is 6.07 Å². The number of urea groups is 1. The maximum atomic E-state index is 12.8. The Hall–Kier alpha value is -2.69. The van der Waals surface area contributed by atoms with E-state index in [2.05, 4.69) is 11.4 Å². The average molecular weight is 354 g/mol. The zero-order chi connectivity index (χ0) is 18.8. The largest absolute Gasteiger partial charge is 0.493 e. The standard InChI is InChI=1S/C21H26N2O3/c1-13-8-14(2)10-17(9-13)22-21(24)23-7-6-16-11-19(25-4)20(26-5)12-18(16)15(23)3/h8-12,15H,6-7H2,1-5H3,(H,22,24)/t15-/m1/s1. The van der Waals surface area contributed by atoms with Gasteiger partial charge in [0.15, 0.2) is 11.5 Å². The summed E-state index contributed by atoms with van der Waals surface area (Å²) in [5.41, 5.74) is 5.40. The van der Waals surface area contributed by atoms with Crippen molar-refractivity contribution in [2.45, 2.75) is 33.2 Å². The number of fused-ring (bicyclic) bond motifs is 1. The van der Waals surface area contributed by atoms with E-state index in [1.807, 2.05) is 49.9 Å². The summed E-state index contributed by atoms with van der Waals surface area (Å²) in [4.78, 5) is 14.7. The van der Waals surface area contributed by atoms with Crippen molar-refractivity contribution in [3.63, 3.8) is 0 Å². The van der Waals surface area contributed by atoms with E-state index in [9.17, 15) is 4.79 Å². The molecule has 0 bridgehead atoms. The highest BCUT2D eigenvalue weighted by Gasteiger charge is 2.29. The number of methoxy groups -OCH3 is 2. The van der Waals surface area contributed by atoms with Gasteiger partial charge in [-0.05, 0) is 73.7 Å². The number of amides is 2. The van der Waals surface area contributed by atoms with Crippen LogP contribution in [0.4, 0.5) is 10.5 Å². The first-order valence-corrected chi connectivity index (χ1v) is 8.83. The first kappa shape index (κ1) is 18.1. The molecule has 5 nitrogen and oxygen atoms in total. The van der Waals surface area contributed by atoms with Crippen LogP contribution in [0.5, 0.6) is 11.5 Å². The number of anilines is 1. The minimum atomic E-state index is -0.0806. The van der Waals surface area contributed by atoms with Gasteiger partial charge in [-0.25, -0.2) is 4.79 Å². The lowest BCUT2D eigenvalue weighted by Gasteiger charge is -2.35. The van der Waals surface area contributed by atoms with Crippen LogP contribution in [0.15, 0.2) is 30.3 Å². The predicted molar refractivity (Wildman–Crippen MR) is 103 cm³/mol. The van der Waals surface area contributed by atoms with E-state index in [1.165, 1.54) is 5.56 Å². The van der Waals surface area contributed by atoms with Crippen LogP contribution in [0.3, 0.4) is 0 Å². The SMILES string of the molecule is COc1cc2c(cc1OC)[C@@H](C)N(C(=O)Nc1cc(C)cc(C)c1)CC2. The third kappa shape index (κ3) is 3.47. The van der Waals surface area contributed by atoms with E-state index in [0.717, 1.165) is 34.5 Å². The smallest absolute Gasteiger partial charge is 0.322 e. The number of carbonyl (C=O) groups excluding carboxylic acids is 1. The van der Waals surface area contributed by atoms with E-state index in [-0.39, 0.29) is 12.1 Å². The van der Waals surface area contributed by atoms with E-state index < -0.39 is 0 Å². The second kappa shape index (κ2) is 7.28. The lowest BCUT2D eigenvalue weighted by molar-refractivity contribution is 0.188. The number of hydrogen-bond donors (Lipinski definition) is 1. The molecule has 1 aliphatic rings. The summed E-state index contributed by atoms with van der Waals surface area (Å²) in [5, 5.41) is 3.04. The predicted octanol–water partition coefficient (Wildman–Crippen LogP) is 4.47. The summed E-state index contributed by atoms with van der Waals surface area (Å²) in [7, 11) is 3.27. The maximum Gasteiger partial charge on any atom is 0.322 e. The van der Waals surface area contributed by atoms with E-state index in [1.54, 1.807) is 14.2 Å². The highest BCUT2D eigenvalue weighted by molar-refractivity contribution is 5.90. The molecule has 138 valence electrons. The van der Waals surface area contributed by atoms with Crippen molar-refractivity contribution in [1.82, 2.24) is 4.90 Å². The normalized spacial score (nSPS) is 16.0. The van der Waals surface area contributed by atoms with Crippen molar-refractivity contribution in [1.29, 1.82) is 0 Å². The Bertz CT molecular complexity index is 812. The fourth-order valence-electron chi connectivity index (χ4n) is 3.66. The molecule has 0 unspecified atom stereocenters. The summed E-state index contributed by atoms with van der Waals surface area (Å²) < 4.78 is 10.8. The van der Waals surface area contributed by atoms with E-state index >= 15 is 0 Å². The zero-order valence-corrected chi connectivity index (χ0v) is 16.1. The number of aryl methyl sites for hydroxylation is 2. The maximum absolute atomic E-state index is 12.8. The third-order valence-electron chi connectivity index (χ3n) is 4.92. The molecule has 0 fully saturated rings. The van der Waals surface area contributed by atoms with Gasteiger partial charge < -0.3 is 19.7 Å². The molecule has 1 N–H and O–H groups in total. The van der Waals surface area contributed by atoms with Crippen LogP contribution in [-0.2, 0) is 6.42 Å². The Morgan fingerprint density at radius 3 is 2.27 bits per heavy atom. The molecule has 0 radical (unpaired) electrons. The molecule has 0 saturated carbocycles. The number of benzene rings is 2. The Labute approximate surface area is 154 Å². The monoisotopic (exact) mass is 354 g/mol. The molecule has 2 amide bonds. The van der Waals surface area contributed by atoms with Gasteiger partial charge in [0.1, 0.15) is 0 Å². The molecular formula is C21H26N2O3. The van der Waals surface area contributed by atoms with Crippen LogP contribution in [0.25, 0.3) is 0 Å². The van der Waals surface area contributed by atoms with Gasteiger partial charge in [0.2, 0.25) is 0 Å². The summed E-state index contributed by atoms with van der Waals surface area (Å²) >= 11 is 0. The molecule has 0 aromatic heterocycles. The molecule has 2 aromatic rings. The van der Waals surface area contributed by atoms with Crippen LogP contribution in [0.2, 0.25) is 0 Å². The zero-order valence-electron chi connectivity index (χ0n) is 16.1. The summed E-state index contributed by atoms with van der Waals surface area (Å²) in [6.45, 7) is 6.77. The fourth-order valence-corrected chi connectivity index (χ4v) is 3.66. The molecule has 5 heteroatoms. The van der Waals surface area contributed by atoms with Gasteiger partial charge >= 0.3 is 6.03 Å². The minimum absolute atomic E-state index is 0.0375. The van der Waals surface area contributed by atoms with Gasteiger partial charge in [-0.3, -0.25) is 0 Å². The summed E-state index contributed by atoms with van der Waals surface area (Å²) in [6, 6.07) is 9.95. The van der Waals surface area contributed by atoms with Crippen molar-refractivity contribution >= 4 is 11.7 Å².